The predicted octanol–water partition coefficient (Wildman–Crippen LogP) is 2.92. The Balaban J connectivity index is 1.59. The van der Waals surface area contributed by atoms with Gasteiger partial charge in [0, 0.05) is 25.6 Å². The van der Waals surface area contributed by atoms with Crippen LogP contribution in [0.5, 0.6) is 0 Å². The summed E-state index contributed by atoms with van der Waals surface area (Å²) in [5.74, 6) is 0.133. The number of carbonyl (C=O) groups is 1. The molecule has 0 aliphatic heterocycles. The Morgan fingerprint density at radius 2 is 1.85 bits per heavy atom. The van der Waals surface area contributed by atoms with Crippen molar-refractivity contribution in [1.82, 2.24) is 10.6 Å². The smallest absolute Gasteiger partial charge is 0.221 e. The van der Waals surface area contributed by atoms with Crippen molar-refractivity contribution >= 4 is 5.91 Å². The van der Waals surface area contributed by atoms with E-state index in [9.17, 15) is 4.79 Å². The number of carbonyl (C=O) groups excluding carboxylic acids is 1. The molecule has 3 nitrogen and oxygen atoms in total. The number of amides is 1. The lowest BCUT2D eigenvalue weighted by Crippen LogP contribution is -2.34. The van der Waals surface area contributed by atoms with Gasteiger partial charge in [0.25, 0.3) is 0 Å². The molecule has 0 bridgehead atoms. The molecule has 1 aliphatic rings. The van der Waals surface area contributed by atoms with Crippen molar-refractivity contribution in [2.45, 2.75) is 58.0 Å². The average Bonchev–Trinajstić information content (AvgIpc) is 2.48. The molecule has 110 valence electrons. The molecule has 1 amide bonds. The number of benzene rings is 1. The molecule has 2 rings (SSSR count). The minimum Gasteiger partial charge on any atom is -0.352 e. The summed E-state index contributed by atoms with van der Waals surface area (Å²) in [4.78, 5) is 11.8. The second kappa shape index (κ2) is 8.05. The van der Waals surface area contributed by atoms with Crippen LogP contribution in [0.3, 0.4) is 0 Å². The maximum Gasteiger partial charge on any atom is 0.221 e. The standard InChI is InChI=1S/C17H26N2O/c1-14-7-9-15(10-8-14)13-19-17(20)11-12-18-16-5-3-2-4-6-16/h7-10,16,18H,2-6,11-13H2,1H3,(H,19,20). The van der Waals surface area contributed by atoms with Crippen molar-refractivity contribution in [3.63, 3.8) is 0 Å². The molecule has 1 fully saturated rings. The highest BCUT2D eigenvalue weighted by molar-refractivity contribution is 5.76. The van der Waals surface area contributed by atoms with Gasteiger partial charge in [-0.1, -0.05) is 49.1 Å². The number of rotatable bonds is 6. The minimum atomic E-state index is 0.133. The van der Waals surface area contributed by atoms with Crippen molar-refractivity contribution in [1.29, 1.82) is 0 Å². The molecule has 0 spiro atoms. The average molecular weight is 274 g/mol. The Labute approximate surface area is 122 Å². The van der Waals surface area contributed by atoms with Crippen LogP contribution in [0.2, 0.25) is 0 Å². The largest absolute Gasteiger partial charge is 0.352 e. The third-order valence-corrected chi connectivity index (χ3v) is 4.00. The Hall–Kier alpha value is -1.35. The first-order chi connectivity index (χ1) is 9.74. The second-order valence-corrected chi connectivity index (χ2v) is 5.80. The topological polar surface area (TPSA) is 41.1 Å². The molecule has 1 aliphatic carbocycles. The minimum absolute atomic E-state index is 0.133. The van der Waals surface area contributed by atoms with E-state index in [2.05, 4.69) is 41.8 Å². The number of hydrogen-bond donors (Lipinski definition) is 2. The van der Waals surface area contributed by atoms with Crippen molar-refractivity contribution in [3.05, 3.63) is 35.4 Å². The van der Waals surface area contributed by atoms with Crippen molar-refractivity contribution in [2.24, 2.45) is 0 Å². The fourth-order valence-corrected chi connectivity index (χ4v) is 2.69. The van der Waals surface area contributed by atoms with Gasteiger partial charge in [0.1, 0.15) is 0 Å². The fourth-order valence-electron chi connectivity index (χ4n) is 2.69. The second-order valence-electron chi connectivity index (χ2n) is 5.80. The maximum atomic E-state index is 11.8. The van der Waals surface area contributed by atoms with Gasteiger partial charge in [-0.15, -0.1) is 0 Å². The van der Waals surface area contributed by atoms with Gasteiger partial charge in [-0.05, 0) is 25.3 Å². The molecule has 1 aromatic carbocycles. The molecular weight excluding hydrogens is 248 g/mol. The summed E-state index contributed by atoms with van der Waals surface area (Å²) in [5, 5.41) is 6.47. The Morgan fingerprint density at radius 1 is 1.15 bits per heavy atom. The van der Waals surface area contributed by atoms with E-state index in [1.54, 1.807) is 0 Å². The molecule has 0 unspecified atom stereocenters. The normalized spacial score (nSPS) is 16.1. The van der Waals surface area contributed by atoms with Crippen LogP contribution in [0.1, 0.15) is 49.7 Å². The first-order valence-electron chi connectivity index (χ1n) is 7.79. The quantitative estimate of drug-likeness (QED) is 0.837. The van der Waals surface area contributed by atoms with Gasteiger partial charge in [0.15, 0.2) is 0 Å². The lowest BCUT2D eigenvalue weighted by atomic mass is 9.95. The molecule has 1 aromatic rings. The molecule has 3 heteroatoms. The van der Waals surface area contributed by atoms with Gasteiger partial charge in [0.05, 0.1) is 0 Å². The number of hydrogen-bond acceptors (Lipinski definition) is 2. The van der Waals surface area contributed by atoms with Crippen LogP contribution in [-0.2, 0) is 11.3 Å². The van der Waals surface area contributed by atoms with E-state index < -0.39 is 0 Å². The Kier molecular flexibility index (Phi) is 6.06. The Morgan fingerprint density at radius 3 is 2.55 bits per heavy atom. The summed E-state index contributed by atoms with van der Waals surface area (Å²) in [6, 6.07) is 8.91. The fraction of sp³-hybridized carbons (Fsp3) is 0.588. The number of aryl methyl sites for hydroxylation is 1. The summed E-state index contributed by atoms with van der Waals surface area (Å²) in [6.07, 6.45) is 7.14. The zero-order chi connectivity index (χ0) is 14.2. The van der Waals surface area contributed by atoms with E-state index in [1.165, 1.54) is 37.7 Å². The molecular formula is C17H26N2O. The monoisotopic (exact) mass is 274 g/mol. The zero-order valence-electron chi connectivity index (χ0n) is 12.5. The molecule has 0 aromatic heterocycles. The first kappa shape index (κ1) is 15.0. The molecule has 1 saturated carbocycles. The van der Waals surface area contributed by atoms with E-state index in [1.807, 2.05) is 0 Å². The third kappa shape index (κ3) is 5.33. The van der Waals surface area contributed by atoms with Crippen LogP contribution in [0.15, 0.2) is 24.3 Å². The predicted molar refractivity (Wildman–Crippen MR) is 82.5 cm³/mol. The maximum absolute atomic E-state index is 11.8. The van der Waals surface area contributed by atoms with Crippen molar-refractivity contribution < 1.29 is 4.79 Å². The van der Waals surface area contributed by atoms with Gasteiger partial charge in [-0.25, -0.2) is 0 Å². The van der Waals surface area contributed by atoms with E-state index in [0.29, 0.717) is 19.0 Å². The van der Waals surface area contributed by atoms with Crippen LogP contribution in [0.25, 0.3) is 0 Å². The third-order valence-electron chi connectivity index (χ3n) is 4.00. The SMILES string of the molecule is Cc1ccc(CNC(=O)CCNC2CCCCC2)cc1. The lowest BCUT2D eigenvalue weighted by molar-refractivity contribution is -0.121. The van der Waals surface area contributed by atoms with Crippen LogP contribution in [-0.4, -0.2) is 18.5 Å². The molecule has 0 radical (unpaired) electrons. The highest BCUT2D eigenvalue weighted by Crippen LogP contribution is 2.17. The summed E-state index contributed by atoms with van der Waals surface area (Å²) < 4.78 is 0. The van der Waals surface area contributed by atoms with Gasteiger partial charge >= 0.3 is 0 Å². The molecule has 20 heavy (non-hydrogen) atoms. The van der Waals surface area contributed by atoms with Crippen LogP contribution in [0.4, 0.5) is 0 Å². The summed E-state index contributed by atoms with van der Waals surface area (Å²) in [6.45, 7) is 3.49. The molecule has 2 N–H and O–H groups in total. The number of nitrogens with one attached hydrogen (secondary N) is 2. The van der Waals surface area contributed by atoms with Crippen LogP contribution in [0, 0.1) is 6.92 Å². The van der Waals surface area contributed by atoms with Gasteiger partial charge < -0.3 is 10.6 Å². The lowest BCUT2D eigenvalue weighted by Gasteiger charge is -2.22. The molecule has 0 heterocycles. The van der Waals surface area contributed by atoms with Crippen LogP contribution < -0.4 is 10.6 Å². The zero-order valence-corrected chi connectivity index (χ0v) is 12.5. The molecule has 0 atom stereocenters. The van der Waals surface area contributed by atoms with E-state index in [0.717, 1.165) is 12.1 Å². The van der Waals surface area contributed by atoms with Crippen molar-refractivity contribution in [2.75, 3.05) is 6.54 Å². The highest BCUT2D eigenvalue weighted by atomic mass is 16.1. The van der Waals surface area contributed by atoms with E-state index >= 15 is 0 Å². The highest BCUT2D eigenvalue weighted by Gasteiger charge is 2.12. The summed E-state index contributed by atoms with van der Waals surface area (Å²) in [7, 11) is 0. The van der Waals surface area contributed by atoms with Gasteiger partial charge in [0.2, 0.25) is 5.91 Å². The van der Waals surface area contributed by atoms with Gasteiger partial charge in [-0.3, -0.25) is 4.79 Å². The van der Waals surface area contributed by atoms with Crippen molar-refractivity contribution in [3.8, 4) is 0 Å². The van der Waals surface area contributed by atoms with Gasteiger partial charge in [-0.2, -0.15) is 0 Å². The summed E-state index contributed by atoms with van der Waals surface area (Å²) >= 11 is 0. The van der Waals surface area contributed by atoms with E-state index in [-0.39, 0.29) is 5.91 Å². The Bertz CT molecular complexity index is 408. The molecule has 0 saturated heterocycles. The van der Waals surface area contributed by atoms with E-state index in [4.69, 9.17) is 0 Å². The first-order valence-corrected chi connectivity index (χ1v) is 7.79. The summed E-state index contributed by atoms with van der Waals surface area (Å²) in [5.41, 5.74) is 2.40. The van der Waals surface area contributed by atoms with Crippen LogP contribution >= 0.6 is 0 Å².